The van der Waals surface area contributed by atoms with Gasteiger partial charge in [-0.2, -0.15) is 0 Å². The Morgan fingerprint density at radius 1 is 1.05 bits per heavy atom. The first-order valence-corrected chi connectivity index (χ1v) is 18.7. The van der Waals surface area contributed by atoms with Gasteiger partial charge in [-0.05, 0) is 85.5 Å². The van der Waals surface area contributed by atoms with E-state index >= 15 is 0 Å². The number of nitrogens with zero attached hydrogens (tertiary/aromatic N) is 1. The van der Waals surface area contributed by atoms with Gasteiger partial charge in [0.1, 0.15) is 5.75 Å². The summed E-state index contributed by atoms with van der Waals surface area (Å²) < 4.78 is 37.4. The summed E-state index contributed by atoms with van der Waals surface area (Å²) in [6, 6.07) is 11.0. The molecule has 0 saturated heterocycles. The fourth-order valence-electron chi connectivity index (χ4n) is 7.14. The van der Waals surface area contributed by atoms with E-state index in [1.165, 1.54) is 0 Å². The highest BCUT2D eigenvalue weighted by molar-refractivity contribution is 7.90. The van der Waals surface area contributed by atoms with Crippen LogP contribution in [0.15, 0.2) is 53.4 Å². The Morgan fingerprint density at radius 2 is 1.63 bits per heavy atom. The maximum absolute atomic E-state index is 14.3. The summed E-state index contributed by atoms with van der Waals surface area (Å²) in [5.41, 5.74) is 6.33. The van der Waals surface area contributed by atoms with Crippen LogP contribution in [0.3, 0.4) is 0 Å². The van der Waals surface area contributed by atoms with E-state index in [1.54, 1.807) is 16.1 Å². The summed E-state index contributed by atoms with van der Waals surface area (Å²) in [7, 11) is -6.17. The molecule has 1 aliphatic carbocycles. The quantitative estimate of drug-likeness (QED) is 0.189. The highest BCUT2D eigenvalue weighted by Gasteiger charge is 2.47. The average molecular weight is 596 g/mol. The van der Waals surface area contributed by atoms with Crippen molar-refractivity contribution in [1.82, 2.24) is 3.97 Å². The Balaban J connectivity index is 2.08. The van der Waals surface area contributed by atoms with Crippen LogP contribution in [0, 0.1) is 12.8 Å². The van der Waals surface area contributed by atoms with Gasteiger partial charge < -0.3 is 9.53 Å². The Bertz CT molecular complexity index is 1510. The third-order valence-corrected chi connectivity index (χ3v) is 17.1. The van der Waals surface area contributed by atoms with E-state index in [2.05, 4.69) is 55.0 Å². The zero-order valence-electron chi connectivity index (χ0n) is 26.4. The van der Waals surface area contributed by atoms with Gasteiger partial charge in [0.15, 0.2) is 0 Å². The zero-order valence-corrected chi connectivity index (χ0v) is 28.2. The molecule has 4 rings (SSSR count). The van der Waals surface area contributed by atoms with Crippen LogP contribution >= 0.6 is 0 Å². The van der Waals surface area contributed by atoms with Crippen LogP contribution in [0.2, 0.25) is 16.6 Å². The largest absolute Gasteiger partial charge is 0.542 e. The number of aromatic nitrogens is 1. The summed E-state index contributed by atoms with van der Waals surface area (Å²) >= 11 is 0. The molecule has 0 aliphatic heterocycles. The molecule has 224 valence electrons. The molecule has 7 heteroatoms. The fourth-order valence-corrected chi connectivity index (χ4v) is 14.0. The molecule has 0 saturated carbocycles. The molecule has 0 fully saturated rings. The fraction of sp³-hybridized carbons (Fsp3) is 0.529. The van der Waals surface area contributed by atoms with Gasteiger partial charge in [0, 0.05) is 23.1 Å². The van der Waals surface area contributed by atoms with E-state index in [-0.39, 0.29) is 4.90 Å². The van der Waals surface area contributed by atoms with Gasteiger partial charge >= 0.3 is 0 Å². The van der Waals surface area contributed by atoms with Crippen molar-refractivity contribution in [1.29, 1.82) is 0 Å². The number of benzene rings is 2. The number of hydrogen-bond donors (Lipinski definition) is 1. The lowest BCUT2D eigenvalue weighted by Gasteiger charge is -2.42. The summed E-state index contributed by atoms with van der Waals surface area (Å²) in [6.45, 7) is 23.6. The van der Waals surface area contributed by atoms with E-state index in [1.807, 2.05) is 38.1 Å². The van der Waals surface area contributed by atoms with Gasteiger partial charge in [-0.25, -0.2) is 12.4 Å². The minimum Gasteiger partial charge on any atom is -0.542 e. The van der Waals surface area contributed by atoms with Crippen molar-refractivity contribution in [3.05, 3.63) is 70.9 Å². The van der Waals surface area contributed by atoms with E-state index in [0.29, 0.717) is 46.5 Å². The predicted octanol–water partition coefficient (Wildman–Crippen LogP) is 8.35. The Kier molecular flexibility index (Phi) is 9.04. The van der Waals surface area contributed by atoms with Crippen molar-refractivity contribution in [2.75, 3.05) is 0 Å². The van der Waals surface area contributed by atoms with Crippen molar-refractivity contribution in [2.45, 2.75) is 116 Å². The Morgan fingerprint density at radius 3 is 2.17 bits per heavy atom. The molecule has 2 atom stereocenters. The van der Waals surface area contributed by atoms with Gasteiger partial charge in [0.25, 0.3) is 18.3 Å². The third kappa shape index (κ3) is 5.57. The lowest BCUT2D eigenvalue weighted by atomic mass is 9.86. The summed E-state index contributed by atoms with van der Waals surface area (Å²) in [5, 5.41) is 12.1. The number of fused-ring (bicyclic) bond motifs is 3. The van der Waals surface area contributed by atoms with Gasteiger partial charge in [0.05, 0.1) is 16.5 Å². The number of aliphatic hydroxyl groups is 1. The molecule has 0 bridgehead atoms. The lowest BCUT2D eigenvalue weighted by Crippen LogP contribution is -2.50. The van der Waals surface area contributed by atoms with Crippen molar-refractivity contribution in [3.8, 4) is 5.75 Å². The molecule has 2 aromatic carbocycles. The molecule has 1 aromatic heterocycles. The van der Waals surface area contributed by atoms with Crippen LogP contribution in [0.1, 0.15) is 84.2 Å². The van der Waals surface area contributed by atoms with Crippen LogP contribution in [-0.4, -0.2) is 31.9 Å². The SMILES string of the molecule is C=C(C)C(O)Cc1c(O[Si](C(C)C)(C(C)C)C(C)C)ccc2c1c1c(n2S(=O)(=O)c2ccc(C)cc2)CCC(C)C1. The minimum atomic E-state index is -3.84. The molecule has 2 unspecified atom stereocenters. The number of aryl methyl sites for hydroxylation is 1. The van der Waals surface area contributed by atoms with Crippen LogP contribution in [-0.2, 0) is 29.3 Å². The molecular weight excluding hydrogens is 547 g/mol. The maximum Gasteiger partial charge on any atom is 0.268 e. The second-order valence-electron chi connectivity index (χ2n) is 13.3. The molecule has 3 aromatic rings. The summed E-state index contributed by atoms with van der Waals surface area (Å²) in [4.78, 5) is 0.288. The molecular formula is C34H49NO4SSi. The molecule has 5 nitrogen and oxygen atoms in total. The topological polar surface area (TPSA) is 68.5 Å². The van der Waals surface area contributed by atoms with E-state index in [9.17, 15) is 13.5 Å². The number of hydrogen-bond acceptors (Lipinski definition) is 4. The van der Waals surface area contributed by atoms with Gasteiger partial charge in [-0.15, -0.1) is 0 Å². The molecule has 0 radical (unpaired) electrons. The second-order valence-corrected chi connectivity index (χ2v) is 20.4. The molecule has 41 heavy (non-hydrogen) atoms. The third-order valence-electron chi connectivity index (χ3n) is 9.31. The second kappa shape index (κ2) is 11.7. The first kappa shape index (κ1) is 31.6. The number of rotatable bonds is 10. The van der Waals surface area contributed by atoms with Crippen LogP contribution in [0.4, 0.5) is 0 Å². The highest BCUT2D eigenvalue weighted by Crippen LogP contribution is 2.47. The van der Waals surface area contributed by atoms with Crippen molar-refractivity contribution >= 4 is 29.2 Å². The molecule has 1 heterocycles. The first-order chi connectivity index (χ1) is 19.1. The average Bonchev–Trinajstić information content (AvgIpc) is 3.22. The lowest BCUT2D eigenvalue weighted by molar-refractivity contribution is 0.211. The summed E-state index contributed by atoms with van der Waals surface area (Å²) in [6.07, 6.45) is 1.99. The van der Waals surface area contributed by atoms with Crippen molar-refractivity contribution < 1.29 is 18.0 Å². The Hall–Kier alpha value is -2.35. The maximum atomic E-state index is 14.3. The highest BCUT2D eigenvalue weighted by atomic mass is 32.2. The zero-order chi connectivity index (χ0) is 30.4. The normalized spacial score (nSPS) is 17.0. The van der Waals surface area contributed by atoms with Crippen molar-refractivity contribution in [2.24, 2.45) is 5.92 Å². The molecule has 1 N–H and O–H groups in total. The minimum absolute atomic E-state index is 0.288. The van der Waals surface area contributed by atoms with Crippen LogP contribution < -0.4 is 4.43 Å². The van der Waals surface area contributed by atoms with E-state index < -0.39 is 24.4 Å². The van der Waals surface area contributed by atoms with Gasteiger partial charge in [0.2, 0.25) is 0 Å². The van der Waals surface area contributed by atoms with Crippen molar-refractivity contribution in [3.63, 3.8) is 0 Å². The number of aliphatic hydroxyl groups excluding tert-OH is 1. The molecule has 0 spiro atoms. The van der Waals surface area contributed by atoms with Crippen LogP contribution in [0.25, 0.3) is 10.9 Å². The van der Waals surface area contributed by atoms with Gasteiger partial charge in [-0.1, -0.05) is 78.3 Å². The van der Waals surface area contributed by atoms with Gasteiger partial charge in [-0.3, -0.25) is 0 Å². The van der Waals surface area contributed by atoms with E-state index in [0.717, 1.165) is 46.4 Å². The summed E-state index contributed by atoms with van der Waals surface area (Å²) in [5.74, 6) is 1.22. The Labute approximate surface area is 248 Å². The smallest absolute Gasteiger partial charge is 0.268 e. The predicted molar refractivity (Wildman–Crippen MR) is 173 cm³/mol. The monoisotopic (exact) mass is 595 g/mol. The molecule has 0 amide bonds. The van der Waals surface area contributed by atoms with E-state index in [4.69, 9.17) is 4.43 Å². The van der Waals surface area contributed by atoms with Crippen LogP contribution in [0.5, 0.6) is 5.75 Å². The molecule has 1 aliphatic rings. The standard InChI is InChI=1S/C34H49NO4SSi/c1-21(2)32(36)20-29-33(39-41(22(3)4,23(5)6)24(7)8)18-17-31-34(29)28-19-26(10)13-16-30(28)35(31)40(37,38)27-14-11-25(9)12-15-27/h11-12,14-15,17-18,22-24,26,32,36H,1,13,16,19-20H2,2-10H3. The first-order valence-electron chi connectivity index (χ1n) is 15.2.